The first-order valence-electron chi connectivity index (χ1n) is 8.13. The number of aryl methyl sites for hydroxylation is 1. The summed E-state index contributed by atoms with van der Waals surface area (Å²) in [6.45, 7) is 10.0. The second-order valence-corrected chi connectivity index (χ2v) is 6.73. The van der Waals surface area contributed by atoms with Gasteiger partial charge < -0.3 is 15.4 Å². The molecule has 118 valence electrons. The fourth-order valence-corrected chi connectivity index (χ4v) is 3.32. The Morgan fingerprint density at radius 3 is 2.52 bits per heavy atom. The van der Waals surface area contributed by atoms with E-state index in [1.807, 2.05) is 6.07 Å². The Kier molecular flexibility index (Phi) is 5.65. The minimum Gasteiger partial charge on any atom is -0.496 e. The summed E-state index contributed by atoms with van der Waals surface area (Å²) in [6.07, 6.45) is 2.60. The van der Waals surface area contributed by atoms with Crippen LogP contribution in [-0.2, 0) is 0 Å². The summed E-state index contributed by atoms with van der Waals surface area (Å²) in [4.78, 5) is 2.51. The Bertz CT molecular complexity index is 451. The number of hydrogen-bond donors (Lipinski definition) is 1. The number of piperidine rings is 1. The average Bonchev–Trinajstić information content (AvgIpc) is 2.47. The molecule has 0 spiro atoms. The van der Waals surface area contributed by atoms with Crippen molar-refractivity contribution in [3.63, 3.8) is 0 Å². The monoisotopic (exact) mass is 290 g/mol. The SMILES string of the molecule is COc1ccc(C)cc1C(N)CN1CCC(C(C)C)CC1. The molecule has 21 heavy (non-hydrogen) atoms. The van der Waals surface area contributed by atoms with Crippen LogP contribution in [0.3, 0.4) is 0 Å². The third-order valence-corrected chi connectivity index (χ3v) is 4.81. The number of ether oxygens (including phenoxy) is 1. The maximum absolute atomic E-state index is 6.44. The van der Waals surface area contributed by atoms with Gasteiger partial charge in [0, 0.05) is 18.2 Å². The minimum absolute atomic E-state index is 0.0236. The molecule has 1 heterocycles. The lowest BCUT2D eigenvalue weighted by Crippen LogP contribution is -2.39. The largest absolute Gasteiger partial charge is 0.496 e. The van der Waals surface area contributed by atoms with Crippen LogP contribution in [-0.4, -0.2) is 31.6 Å². The summed E-state index contributed by atoms with van der Waals surface area (Å²) >= 11 is 0. The van der Waals surface area contributed by atoms with Gasteiger partial charge in [0.2, 0.25) is 0 Å². The zero-order valence-corrected chi connectivity index (χ0v) is 13.9. The number of nitrogens with two attached hydrogens (primary N) is 1. The summed E-state index contributed by atoms with van der Waals surface area (Å²) < 4.78 is 5.46. The van der Waals surface area contributed by atoms with Gasteiger partial charge in [0.1, 0.15) is 5.75 Å². The molecular weight excluding hydrogens is 260 g/mol. The van der Waals surface area contributed by atoms with Crippen LogP contribution in [0.1, 0.15) is 43.9 Å². The van der Waals surface area contributed by atoms with Gasteiger partial charge in [0.25, 0.3) is 0 Å². The van der Waals surface area contributed by atoms with Gasteiger partial charge in [-0.05, 0) is 50.8 Å². The van der Waals surface area contributed by atoms with Crippen LogP contribution in [0.5, 0.6) is 5.75 Å². The van der Waals surface area contributed by atoms with Gasteiger partial charge in [0.05, 0.1) is 7.11 Å². The number of benzene rings is 1. The van der Waals surface area contributed by atoms with Gasteiger partial charge in [-0.15, -0.1) is 0 Å². The van der Waals surface area contributed by atoms with E-state index in [9.17, 15) is 0 Å². The molecule has 0 aromatic heterocycles. The molecule has 0 bridgehead atoms. The summed E-state index contributed by atoms with van der Waals surface area (Å²) in [5, 5.41) is 0. The van der Waals surface area contributed by atoms with E-state index in [2.05, 4.69) is 37.8 Å². The lowest BCUT2D eigenvalue weighted by Gasteiger charge is -2.35. The van der Waals surface area contributed by atoms with Gasteiger partial charge in [-0.3, -0.25) is 0 Å². The summed E-state index contributed by atoms with van der Waals surface area (Å²) in [5.74, 6) is 2.59. The highest BCUT2D eigenvalue weighted by molar-refractivity contribution is 5.39. The second kappa shape index (κ2) is 7.28. The Morgan fingerprint density at radius 2 is 1.95 bits per heavy atom. The molecule has 3 nitrogen and oxygen atoms in total. The van der Waals surface area contributed by atoms with Crippen LogP contribution in [0, 0.1) is 18.8 Å². The summed E-state index contributed by atoms with van der Waals surface area (Å²) in [5.41, 5.74) is 8.81. The molecule has 1 aromatic rings. The van der Waals surface area contributed by atoms with Gasteiger partial charge in [-0.2, -0.15) is 0 Å². The van der Waals surface area contributed by atoms with Crippen molar-refractivity contribution in [3.8, 4) is 5.75 Å². The van der Waals surface area contributed by atoms with E-state index in [1.54, 1.807) is 7.11 Å². The Balaban J connectivity index is 1.96. The first-order valence-corrected chi connectivity index (χ1v) is 8.13. The van der Waals surface area contributed by atoms with Crippen molar-refractivity contribution >= 4 is 0 Å². The predicted octanol–water partition coefficient (Wildman–Crippen LogP) is 3.37. The van der Waals surface area contributed by atoms with Crippen molar-refractivity contribution in [2.45, 2.75) is 39.7 Å². The Labute approximate surface area is 129 Å². The van der Waals surface area contributed by atoms with Gasteiger partial charge >= 0.3 is 0 Å². The van der Waals surface area contributed by atoms with Gasteiger partial charge in [0.15, 0.2) is 0 Å². The lowest BCUT2D eigenvalue weighted by atomic mass is 9.86. The lowest BCUT2D eigenvalue weighted by molar-refractivity contribution is 0.151. The van der Waals surface area contributed by atoms with Crippen molar-refractivity contribution in [2.24, 2.45) is 17.6 Å². The highest BCUT2D eigenvalue weighted by atomic mass is 16.5. The fraction of sp³-hybridized carbons (Fsp3) is 0.667. The van der Waals surface area contributed by atoms with Crippen LogP contribution >= 0.6 is 0 Å². The Morgan fingerprint density at radius 1 is 1.29 bits per heavy atom. The van der Waals surface area contributed by atoms with Gasteiger partial charge in [-0.1, -0.05) is 31.5 Å². The molecule has 2 rings (SSSR count). The smallest absolute Gasteiger partial charge is 0.123 e. The first kappa shape index (κ1) is 16.3. The zero-order chi connectivity index (χ0) is 15.4. The van der Waals surface area contributed by atoms with Crippen molar-refractivity contribution in [1.29, 1.82) is 0 Å². The molecule has 0 radical (unpaired) electrons. The third kappa shape index (κ3) is 4.21. The summed E-state index contributed by atoms with van der Waals surface area (Å²) in [6, 6.07) is 6.28. The maximum Gasteiger partial charge on any atom is 0.123 e. The molecule has 1 aromatic carbocycles. The molecule has 0 amide bonds. The molecule has 0 aliphatic carbocycles. The van der Waals surface area contributed by atoms with Crippen molar-refractivity contribution < 1.29 is 4.74 Å². The topological polar surface area (TPSA) is 38.5 Å². The van der Waals surface area contributed by atoms with Crippen LogP contribution in [0.25, 0.3) is 0 Å². The fourth-order valence-electron chi connectivity index (χ4n) is 3.32. The van der Waals surface area contributed by atoms with E-state index >= 15 is 0 Å². The van der Waals surface area contributed by atoms with Crippen molar-refractivity contribution in [3.05, 3.63) is 29.3 Å². The van der Waals surface area contributed by atoms with E-state index in [1.165, 1.54) is 31.5 Å². The van der Waals surface area contributed by atoms with E-state index in [0.717, 1.165) is 29.7 Å². The standard InChI is InChI=1S/C18H30N2O/c1-13(2)15-7-9-20(10-8-15)12-17(19)16-11-14(3)5-6-18(16)21-4/h5-6,11,13,15,17H,7-10,12,19H2,1-4H3. The number of methoxy groups -OCH3 is 1. The maximum atomic E-state index is 6.44. The van der Waals surface area contributed by atoms with Crippen molar-refractivity contribution in [1.82, 2.24) is 4.90 Å². The first-order chi connectivity index (χ1) is 10.0. The molecule has 1 atom stereocenters. The van der Waals surface area contributed by atoms with Gasteiger partial charge in [-0.25, -0.2) is 0 Å². The second-order valence-electron chi connectivity index (χ2n) is 6.73. The minimum atomic E-state index is 0.0236. The average molecular weight is 290 g/mol. The highest BCUT2D eigenvalue weighted by Crippen LogP contribution is 2.28. The number of likely N-dealkylation sites (tertiary alicyclic amines) is 1. The molecule has 1 saturated heterocycles. The summed E-state index contributed by atoms with van der Waals surface area (Å²) in [7, 11) is 1.72. The van der Waals surface area contributed by atoms with Crippen LogP contribution in [0.4, 0.5) is 0 Å². The quantitative estimate of drug-likeness (QED) is 0.903. The van der Waals surface area contributed by atoms with E-state index in [-0.39, 0.29) is 6.04 Å². The zero-order valence-electron chi connectivity index (χ0n) is 13.9. The molecule has 1 fully saturated rings. The molecule has 1 unspecified atom stereocenters. The van der Waals surface area contributed by atoms with E-state index in [4.69, 9.17) is 10.5 Å². The predicted molar refractivity (Wildman–Crippen MR) is 88.7 cm³/mol. The van der Waals surface area contributed by atoms with Crippen LogP contribution in [0.2, 0.25) is 0 Å². The highest BCUT2D eigenvalue weighted by Gasteiger charge is 2.23. The van der Waals surface area contributed by atoms with E-state index in [0.29, 0.717) is 0 Å². The molecular formula is C18H30N2O. The van der Waals surface area contributed by atoms with Crippen LogP contribution < -0.4 is 10.5 Å². The molecule has 1 aliphatic heterocycles. The molecule has 2 N–H and O–H groups in total. The number of rotatable bonds is 5. The van der Waals surface area contributed by atoms with E-state index < -0.39 is 0 Å². The third-order valence-electron chi connectivity index (χ3n) is 4.81. The Hall–Kier alpha value is -1.06. The normalized spacial score (nSPS) is 19.0. The van der Waals surface area contributed by atoms with Crippen molar-refractivity contribution in [2.75, 3.05) is 26.7 Å². The number of nitrogens with zero attached hydrogens (tertiary/aromatic N) is 1. The number of hydrogen-bond acceptors (Lipinski definition) is 3. The molecule has 3 heteroatoms. The molecule has 0 saturated carbocycles. The molecule has 1 aliphatic rings. The van der Waals surface area contributed by atoms with Crippen LogP contribution in [0.15, 0.2) is 18.2 Å².